The molecule has 146 valence electrons. The molecule has 0 fully saturated rings. The number of hydrogen-bond acceptors (Lipinski definition) is 6. The number of amides is 1. The van der Waals surface area contributed by atoms with Gasteiger partial charge in [0.25, 0.3) is 5.91 Å². The van der Waals surface area contributed by atoms with Crippen molar-refractivity contribution in [2.24, 2.45) is 0 Å². The molecule has 0 aromatic heterocycles. The van der Waals surface area contributed by atoms with Crippen molar-refractivity contribution in [2.75, 3.05) is 31.3 Å². The molecular formula is C17H18Cl2N2O4S2. The van der Waals surface area contributed by atoms with Gasteiger partial charge in [-0.2, -0.15) is 8.42 Å². The lowest BCUT2D eigenvalue weighted by Crippen LogP contribution is -2.30. The number of rotatable bonds is 8. The number of benzene rings is 2. The number of ether oxygens (including phenoxy) is 1. The molecule has 2 aromatic rings. The van der Waals surface area contributed by atoms with Gasteiger partial charge in [-0.15, -0.1) is 11.8 Å². The van der Waals surface area contributed by atoms with E-state index in [9.17, 15) is 4.79 Å². The molecule has 0 bridgehead atoms. The Kier molecular flexibility index (Phi) is 11.6. The first-order chi connectivity index (χ1) is 13.0. The Bertz CT molecular complexity index is 770. The van der Waals surface area contributed by atoms with Gasteiger partial charge in [0.15, 0.2) is 6.61 Å². The lowest BCUT2D eigenvalue weighted by Gasteiger charge is -2.08. The maximum atomic E-state index is 11.8. The predicted octanol–water partition coefficient (Wildman–Crippen LogP) is 3.65. The average Bonchev–Trinajstić information content (AvgIpc) is 2.67. The third kappa shape index (κ3) is 9.67. The molecule has 0 unspecified atom stereocenters. The van der Waals surface area contributed by atoms with E-state index in [0.717, 1.165) is 16.3 Å². The second-order valence-corrected chi connectivity index (χ2v) is 7.02. The van der Waals surface area contributed by atoms with Gasteiger partial charge in [-0.3, -0.25) is 4.79 Å². The van der Waals surface area contributed by atoms with Gasteiger partial charge in [-0.25, -0.2) is 0 Å². The van der Waals surface area contributed by atoms with Crippen LogP contribution >= 0.6 is 35.0 Å². The van der Waals surface area contributed by atoms with Gasteiger partial charge in [-0.1, -0.05) is 23.2 Å². The minimum Gasteiger partial charge on any atom is -0.484 e. The fraction of sp³-hybridized carbons (Fsp3) is 0.235. The zero-order valence-electron chi connectivity index (χ0n) is 14.4. The van der Waals surface area contributed by atoms with Crippen molar-refractivity contribution in [1.82, 2.24) is 5.32 Å². The van der Waals surface area contributed by atoms with Crippen LogP contribution in [-0.2, 0) is 16.4 Å². The smallest absolute Gasteiger partial charge is 0.335 e. The summed E-state index contributed by atoms with van der Waals surface area (Å²) in [6.45, 7) is 0.544. The Labute approximate surface area is 175 Å². The second kappa shape index (κ2) is 13.4. The molecule has 0 saturated carbocycles. The highest BCUT2D eigenvalue weighted by atomic mass is 35.5. The minimum absolute atomic E-state index is 0.00363. The first-order valence-corrected chi connectivity index (χ1v) is 10.1. The summed E-state index contributed by atoms with van der Waals surface area (Å²) in [4.78, 5) is 12.8. The van der Waals surface area contributed by atoms with Gasteiger partial charge in [0.1, 0.15) is 5.75 Å². The van der Waals surface area contributed by atoms with Crippen molar-refractivity contribution in [2.45, 2.75) is 4.90 Å². The lowest BCUT2D eigenvalue weighted by molar-refractivity contribution is -0.122. The molecule has 2 rings (SSSR count). The molecule has 1 amide bonds. The topological polar surface area (TPSA) is 84.5 Å². The number of carbonyl (C=O) groups excluding carboxylic acids is 1. The van der Waals surface area contributed by atoms with E-state index in [4.69, 9.17) is 36.4 Å². The molecule has 0 aliphatic rings. The molecule has 2 N–H and O–H groups in total. The van der Waals surface area contributed by atoms with Gasteiger partial charge >= 0.3 is 11.6 Å². The summed E-state index contributed by atoms with van der Waals surface area (Å²) in [5.74, 6) is 1.25. The van der Waals surface area contributed by atoms with Crippen LogP contribution in [0.25, 0.3) is 0 Å². The normalized spacial score (nSPS) is 9.59. The van der Waals surface area contributed by atoms with E-state index in [0.29, 0.717) is 22.3 Å². The van der Waals surface area contributed by atoms with Gasteiger partial charge in [0.05, 0.1) is 10.0 Å². The molecule has 10 heteroatoms. The van der Waals surface area contributed by atoms with Crippen LogP contribution in [0.3, 0.4) is 0 Å². The van der Waals surface area contributed by atoms with Gasteiger partial charge < -0.3 is 15.4 Å². The first-order valence-electron chi connectivity index (χ1n) is 7.67. The Hall–Kier alpha value is -1.74. The van der Waals surface area contributed by atoms with E-state index in [2.05, 4.69) is 10.6 Å². The number of halogens is 2. The second-order valence-electron chi connectivity index (χ2n) is 4.91. The van der Waals surface area contributed by atoms with Gasteiger partial charge in [0, 0.05) is 29.9 Å². The summed E-state index contributed by atoms with van der Waals surface area (Å²) in [5.41, 5.74) is 0.992. The first kappa shape index (κ1) is 23.3. The molecule has 0 saturated heterocycles. The van der Waals surface area contributed by atoms with E-state index in [1.165, 1.54) is 0 Å². The van der Waals surface area contributed by atoms with Crippen molar-refractivity contribution in [3.05, 3.63) is 52.5 Å². The van der Waals surface area contributed by atoms with Crippen molar-refractivity contribution in [3.8, 4) is 5.75 Å². The Morgan fingerprint density at radius 2 is 1.74 bits per heavy atom. The molecule has 0 aliphatic carbocycles. The largest absolute Gasteiger partial charge is 0.484 e. The Balaban J connectivity index is 0.00000114. The van der Waals surface area contributed by atoms with Crippen LogP contribution < -0.4 is 15.4 Å². The predicted molar refractivity (Wildman–Crippen MR) is 111 cm³/mol. The molecule has 27 heavy (non-hydrogen) atoms. The van der Waals surface area contributed by atoms with Crippen molar-refractivity contribution < 1.29 is 17.9 Å². The fourth-order valence-electron chi connectivity index (χ4n) is 1.84. The number of carbonyl (C=O) groups is 1. The number of hydrogen-bond donors (Lipinski definition) is 2. The van der Waals surface area contributed by atoms with E-state index in [1.54, 1.807) is 17.8 Å². The summed E-state index contributed by atoms with van der Waals surface area (Å²) in [6.07, 6.45) is 0. The van der Waals surface area contributed by atoms with Crippen LogP contribution in [0.1, 0.15) is 0 Å². The monoisotopic (exact) mass is 448 g/mol. The summed E-state index contributed by atoms with van der Waals surface area (Å²) in [5, 5.41) is 6.90. The van der Waals surface area contributed by atoms with Crippen LogP contribution in [0.5, 0.6) is 5.75 Å². The summed E-state index contributed by atoms with van der Waals surface area (Å²) >= 11 is 12.7. The molecule has 6 nitrogen and oxygen atoms in total. The number of nitrogens with one attached hydrogen (secondary N) is 2. The third-order valence-corrected chi connectivity index (χ3v) is 4.83. The highest BCUT2D eigenvalue weighted by Crippen LogP contribution is 2.27. The standard InChI is InChI=1S/C17H18Cl2N2O2S.O2S/c1-20-12-2-4-13(5-3-12)23-11-17(22)21-8-9-24-14-6-7-15(18)16(19)10-14;1-3-2/h2-7,10,20H,8-9,11H2,1H3,(H,21,22);. The van der Waals surface area contributed by atoms with Crippen LogP contribution in [-0.4, -0.2) is 40.3 Å². The molecule has 2 aromatic carbocycles. The zero-order chi connectivity index (χ0) is 20.1. The molecular weight excluding hydrogens is 431 g/mol. The van der Waals surface area contributed by atoms with Crippen LogP contribution in [0.4, 0.5) is 5.69 Å². The molecule has 0 radical (unpaired) electrons. The van der Waals surface area contributed by atoms with E-state index in [-0.39, 0.29) is 12.5 Å². The number of anilines is 1. The lowest BCUT2D eigenvalue weighted by atomic mass is 10.3. The quantitative estimate of drug-likeness (QED) is 0.473. The summed E-state index contributed by atoms with van der Waals surface area (Å²) < 4.78 is 22.0. The average molecular weight is 449 g/mol. The maximum absolute atomic E-state index is 11.8. The summed E-state index contributed by atoms with van der Waals surface area (Å²) in [7, 11) is 1.85. The van der Waals surface area contributed by atoms with E-state index >= 15 is 0 Å². The van der Waals surface area contributed by atoms with Crippen LogP contribution in [0.15, 0.2) is 47.4 Å². The Morgan fingerprint density at radius 3 is 2.33 bits per heavy atom. The van der Waals surface area contributed by atoms with Crippen LogP contribution in [0, 0.1) is 0 Å². The zero-order valence-corrected chi connectivity index (χ0v) is 17.5. The highest BCUT2D eigenvalue weighted by Gasteiger charge is 2.04. The Morgan fingerprint density at radius 1 is 1.07 bits per heavy atom. The van der Waals surface area contributed by atoms with Gasteiger partial charge in [-0.05, 0) is 42.5 Å². The van der Waals surface area contributed by atoms with Crippen molar-refractivity contribution >= 4 is 58.1 Å². The van der Waals surface area contributed by atoms with Crippen molar-refractivity contribution in [3.63, 3.8) is 0 Å². The fourth-order valence-corrected chi connectivity index (χ4v) is 3.01. The molecule has 0 spiro atoms. The third-order valence-electron chi connectivity index (χ3n) is 3.10. The maximum Gasteiger partial charge on any atom is 0.335 e. The summed E-state index contributed by atoms with van der Waals surface area (Å²) in [6, 6.07) is 12.9. The van der Waals surface area contributed by atoms with E-state index in [1.807, 2.05) is 43.4 Å². The molecule has 0 atom stereocenters. The van der Waals surface area contributed by atoms with E-state index < -0.39 is 11.6 Å². The van der Waals surface area contributed by atoms with Crippen LogP contribution in [0.2, 0.25) is 10.0 Å². The molecule has 0 aliphatic heterocycles. The minimum atomic E-state index is -0.750. The van der Waals surface area contributed by atoms with Crippen molar-refractivity contribution in [1.29, 1.82) is 0 Å². The number of thioether (sulfide) groups is 1. The van der Waals surface area contributed by atoms with Gasteiger partial charge in [0.2, 0.25) is 0 Å². The SMILES string of the molecule is CNc1ccc(OCC(=O)NCCSc2ccc(Cl)c(Cl)c2)cc1.O=S=O. The highest BCUT2D eigenvalue weighted by molar-refractivity contribution is 7.99. The molecule has 0 heterocycles.